The third kappa shape index (κ3) is 6.73. The van der Waals surface area contributed by atoms with E-state index >= 15 is 0 Å². The SMILES string of the molecule is C1CC1.COc1ccc(F)c(-c2onc(COc3cccc(CCC(=O)O)c3)c2-c2ccc(C)s2)c1. The van der Waals surface area contributed by atoms with E-state index in [2.05, 4.69) is 5.16 Å². The highest BCUT2D eigenvalue weighted by atomic mass is 32.1. The minimum Gasteiger partial charge on any atom is -0.497 e. The first kappa shape index (κ1) is 25.4. The summed E-state index contributed by atoms with van der Waals surface area (Å²) >= 11 is 1.55. The number of hydrogen-bond donors (Lipinski definition) is 1. The van der Waals surface area contributed by atoms with E-state index in [-0.39, 0.29) is 18.6 Å². The number of aryl methyl sites for hydroxylation is 2. The Bertz CT molecular complexity index is 1320. The van der Waals surface area contributed by atoms with Gasteiger partial charge in [0.2, 0.25) is 0 Å². The molecule has 1 saturated carbocycles. The zero-order valence-electron chi connectivity index (χ0n) is 20.3. The van der Waals surface area contributed by atoms with Crippen molar-refractivity contribution < 1.29 is 28.3 Å². The summed E-state index contributed by atoms with van der Waals surface area (Å²) in [5.74, 6) is 0.106. The number of halogens is 1. The smallest absolute Gasteiger partial charge is 0.303 e. The van der Waals surface area contributed by atoms with Gasteiger partial charge in [0.25, 0.3) is 0 Å². The lowest BCUT2D eigenvalue weighted by Gasteiger charge is -2.08. The Morgan fingerprint density at radius 3 is 2.58 bits per heavy atom. The molecule has 1 fully saturated rings. The van der Waals surface area contributed by atoms with Crippen molar-refractivity contribution in [1.29, 1.82) is 0 Å². The Balaban J connectivity index is 0.000000943. The zero-order valence-corrected chi connectivity index (χ0v) is 21.1. The monoisotopic (exact) mass is 509 g/mol. The lowest BCUT2D eigenvalue weighted by molar-refractivity contribution is -0.136. The Kier molecular flexibility index (Phi) is 8.38. The molecular weight excluding hydrogens is 481 g/mol. The van der Waals surface area contributed by atoms with Crippen LogP contribution in [0.1, 0.15) is 41.8 Å². The summed E-state index contributed by atoms with van der Waals surface area (Å²) < 4.78 is 31.5. The molecule has 0 atom stereocenters. The summed E-state index contributed by atoms with van der Waals surface area (Å²) in [6.45, 7) is 2.09. The topological polar surface area (TPSA) is 81.8 Å². The molecule has 1 N–H and O–H groups in total. The number of rotatable bonds is 9. The molecule has 4 aromatic rings. The third-order valence-corrected chi connectivity index (χ3v) is 6.44. The van der Waals surface area contributed by atoms with Gasteiger partial charge >= 0.3 is 5.97 Å². The molecule has 1 aliphatic carbocycles. The summed E-state index contributed by atoms with van der Waals surface area (Å²) in [6.07, 6.45) is 4.96. The summed E-state index contributed by atoms with van der Waals surface area (Å²) in [7, 11) is 1.52. The van der Waals surface area contributed by atoms with Crippen molar-refractivity contribution in [2.45, 2.75) is 45.6 Å². The van der Waals surface area contributed by atoms with Crippen molar-refractivity contribution in [1.82, 2.24) is 5.16 Å². The second kappa shape index (κ2) is 11.9. The highest BCUT2D eigenvalue weighted by molar-refractivity contribution is 7.15. The summed E-state index contributed by atoms with van der Waals surface area (Å²) in [5.41, 5.74) is 2.32. The van der Waals surface area contributed by atoms with Crippen LogP contribution in [0, 0.1) is 12.7 Å². The first-order valence-corrected chi connectivity index (χ1v) is 12.6. The molecule has 8 heteroatoms. The van der Waals surface area contributed by atoms with Crippen LogP contribution in [0.2, 0.25) is 0 Å². The van der Waals surface area contributed by atoms with Crippen molar-refractivity contribution in [2.24, 2.45) is 0 Å². The van der Waals surface area contributed by atoms with Gasteiger partial charge in [-0.2, -0.15) is 0 Å². The molecule has 2 aromatic carbocycles. The number of thiophene rings is 1. The zero-order chi connectivity index (χ0) is 25.5. The van der Waals surface area contributed by atoms with E-state index in [0.717, 1.165) is 15.3 Å². The lowest BCUT2D eigenvalue weighted by Crippen LogP contribution is -2.00. The Morgan fingerprint density at radius 1 is 1.11 bits per heavy atom. The fourth-order valence-corrected chi connectivity index (χ4v) is 4.36. The van der Waals surface area contributed by atoms with E-state index in [0.29, 0.717) is 34.9 Å². The number of hydrogen-bond acceptors (Lipinski definition) is 6. The summed E-state index contributed by atoms with van der Waals surface area (Å²) in [6, 6.07) is 15.7. The molecule has 2 aromatic heterocycles. The summed E-state index contributed by atoms with van der Waals surface area (Å²) in [4.78, 5) is 12.8. The first-order chi connectivity index (χ1) is 17.4. The van der Waals surface area contributed by atoms with Crippen LogP contribution in [0.4, 0.5) is 4.39 Å². The van der Waals surface area contributed by atoms with Gasteiger partial charge < -0.3 is 19.1 Å². The number of ether oxygens (including phenoxy) is 2. The van der Waals surface area contributed by atoms with Crippen molar-refractivity contribution in [3.8, 4) is 33.3 Å². The predicted octanol–water partition coefficient (Wildman–Crippen LogP) is 7.29. The maximum atomic E-state index is 14.7. The standard InChI is InChI=1S/C25H22FNO5S.C3H6/c1-15-6-10-22(33-15)24-21(14-31-18-5-3-4-16(12-18)7-11-23(28)29)27-32-25(24)19-13-17(30-2)8-9-20(19)26;1-2-3-1/h3-6,8-10,12-13H,7,11,14H2,1-2H3,(H,28,29);1-3H2. The number of nitrogens with zero attached hydrogens (tertiary/aromatic N) is 1. The van der Waals surface area contributed by atoms with E-state index < -0.39 is 11.8 Å². The van der Waals surface area contributed by atoms with Gasteiger partial charge in [-0.3, -0.25) is 4.79 Å². The van der Waals surface area contributed by atoms with Crippen molar-refractivity contribution in [2.75, 3.05) is 7.11 Å². The van der Waals surface area contributed by atoms with Crippen LogP contribution in [-0.2, 0) is 17.8 Å². The lowest BCUT2D eigenvalue weighted by atomic mass is 10.0. The van der Waals surface area contributed by atoms with Gasteiger partial charge in [0.05, 0.1) is 18.2 Å². The Morgan fingerprint density at radius 2 is 1.92 bits per heavy atom. The first-order valence-electron chi connectivity index (χ1n) is 11.8. The van der Waals surface area contributed by atoms with Gasteiger partial charge in [0.1, 0.15) is 29.6 Å². The molecule has 0 saturated heterocycles. The highest BCUT2D eigenvalue weighted by Gasteiger charge is 2.24. The van der Waals surface area contributed by atoms with Gasteiger partial charge in [-0.15, -0.1) is 11.3 Å². The van der Waals surface area contributed by atoms with E-state index in [4.69, 9.17) is 19.1 Å². The minimum absolute atomic E-state index is 0.0457. The molecule has 0 unspecified atom stereocenters. The molecular formula is C28H28FNO5S. The van der Waals surface area contributed by atoms with Crippen LogP contribution in [0.25, 0.3) is 21.8 Å². The Hall–Kier alpha value is -3.65. The Labute approximate surface area is 213 Å². The molecule has 0 amide bonds. The van der Waals surface area contributed by atoms with Crippen LogP contribution in [0.15, 0.2) is 59.1 Å². The molecule has 2 heterocycles. The van der Waals surface area contributed by atoms with Crippen LogP contribution in [0.5, 0.6) is 11.5 Å². The van der Waals surface area contributed by atoms with Gasteiger partial charge in [0.15, 0.2) is 5.76 Å². The molecule has 0 aliphatic heterocycles. The normalized spacial score (nSPS) is 12.0. The van der Waals surface area contributed by atoms with Crippen molar-refractivity contribution >= 4 is 17.3 Å². The number of aromatic nitrogens is 1. The van der Waals surface area contributed by atoms with Crippen LogP contribution < -0.4 is 9.47 Å². The van der Waals surface area contributed by atoms with E-state index in [1.807, 2.05) is 31.2 Å². The largest absolute Gasteiger partial charge is 0.497 e. The molecule has 5 rings (SSSR count). The van der Waals surface area contributed by atoms with Crippen LogP contribution in [-0.4, -0.2) is 23.3 Å². The molecule has 0 radical (unpaired) electrons. The number of aliphatic carboxylic acids is 1. The number of carboxylic acids is 1. The van der Waals surface area contributed by atoms with Crippen molar-refractivity contribution in [3.63, 3.8) is 0 Å². The molecule has 0 spiro atoms. The van der Waals surface area contributed by atoms with Gasteiger partial charge in [-0.1, -0.05) is 36.6 Å². The third-order valence-electron chi connectivity index (χ3n) is 5.42. The fourth-order valence-electron chi connectivity index (χ4n) is 3.43. The maximum absolute atomic E-state index is 14.7. The van der Waals surface area contributed by atoms with Gasteiger partial charge in [0, 0.05) is 16.2 Å². The maximum Gasteiger partial charge on any atom is 0.303 e. The molecule has 188 valence electrons. The van der Waals surface area contributed by atoms with Crippen molar-refractivity contribution in [3.05, 3.63) is 76.5 Å². The molecule has 1 aliphatic rings. The number of methoxy groups -OCH3 is 1. The minimum atomic E-state index is -0.850. The van der Waals surface area contributed by atoms with Gasteiger partial charge in [-0.25, -0.2) is 4.39 Å². The van der Waals surface area contributed by atoms with Crippen LogP contribution >= 0.6 is 11.3 Å². The predicted molar refractivity (Wildman–Crippen MR) is 137 cm³/mol. The molecule has 36 heavy (non-hydrogen) atoms. The summed E-state index contributed by atoms with van der Waals surface area (Å²) in [5, 5.41) is 13.1. The average molecular weight is 510 g/mol. The van der Waals surface area contributed by atoms with E-state index in [9.17, 15) is 9.18 Å². The average Bonchev–Trinajstić information content (AvgIpc) is 3.61. The number of benzene rings is 2. The fraction of sp³-hybridized carbons (Fsp3) is 0.286. The quantitative estimate of drug-likeness (QED) is 0.255. The second-order valence-corrected chi connectivity index (χ2v) is 9.77. The molecule has 6 nitrogen and oxygen atoms in total. The van der Waals surface area contributed by atoms with Gasteiger partial charge in [-0.05, 0) is 61.4 Å². The molecule has 0 bridgehead atoms. The van der Waals surface area contributed by atoms with E-state index in [1.54, 1.807) is 35.6 Å². The highest BCUT2D eigenvalue weighted by Crippen LogP contribution is 2.40. The van der Waals surface area contributed by atoms with E-state index in [1.165, 1.54) is 32.4 Å². The number of carbonyl (C=O) groups is 1. The number of carboxylic acid groups (broad SMARTS) is 1. The van der Waals surface area contributed by atoms with Crippen LogP contribution in [0.3, 0.4) is 0 Å². The second-order valence-electron chi connectivity index (χ2n) is 8.48.